The minimum atomic E-state index is -0.489. The molecule has 1 unspecified atom stereocenters. The Kier molecular flexibility index (Phi) is 4.70. The van der Waals surface area contributed by atoms with Crippen LogP contribution < -0.4 is 4.74 Å². The van der Waals surface area contributed by atoms with Crippen molar-refractivity contribution in [1.29, 1.82) is 0 Å². The highest BCUT2D eigenvalue weighted by molar-refractivity contribution is 6.31. The number of carbonyl (C=O) groups is 1. The number of nitrogens with one attached hydrogen (secondary N) is 1. The van der Waals surface area contributed by atoms with Gasteiger partial charge in [0, 0.05) is 22.7 Å². The molecule has 2 heterocycles. The zero-order valence-electron chi connectivity index (χ0n) is 15.0. The van der Waals surface area contributed by atoms with Gasteiger partial charge in [-0.15, -0.1) is 0 Å². The summed E-state index contributed by atoms with van der Waals surface area (Å²) in [5.41, 5.74) is 2.64. The molecule has 0 aliphatic carbocycles. The highest BCUT2D eigenvalue weighted by Crippen LogP contribution is 2.45. The number of aliphatic hydroxyl groups excluding tert-OH is 1. The standard InChI is InChI=1S/C20H18ClN3O4/c1-28-13-4-2-3-11(9-13)19-16-17(14-10-12(21)5-6-15(14)26)22-23-18(16)20(27)24(19)7-8-25/h2-6,9-10,19,25-26H,7-8H2,1H3,(H,22,23). The van der Waals surface area contributed by atoms with E-state index in [0.717, 1.165) is 5.56 Å². The van der Waals surface area contributed by atoms with Crippen LogP contribution in [-0.2, 0) is 0 Å². The van der Waals surface area contributed by atoms with Gasteiger partial charge in [0.1, 0.15) is 22.9 Å². The van der Waals surface area contributed by atoms with Crippen molar-refractivity contribution in [3.8, 4) is 22.8 Å². The lowest BCUT2D eigenvalue weighted by Gasteiger charge is -2.26. The summed E-state index contributed by atoms with van der Waals surface area (Å²) in [4.78, 5) is 14.5. The molecule has 0 spiro atoms. The number of hydrogen-bond acceptors (Lipinski definition) is 5. The fraction of sp³-hybridized carbons (Fsp3) is 0.200. The fourth-order valence-electron chi connectivity index (χ4n) is 3.60. The largest absolute Gasteiger partial charge is 0.507 e. The van der Waals surface area contributed by atoms with Crippen molar-refractivity contribution in [2.75, 3.05) is 20.3 Å². The number of rotatable bonds is 5. The van der Waals surface area contributed by atoms with Crippen LogP contribution >= 0.6 is 11.6 Å². The van der Waals surface area contributed by atoms with Gasteiger partial charge in [-0.1, -0.05) is 23.7 Å². The second-order valence-electron chi connectivity index (χ2n) is 6.42. The zero-order valence-corrected chi connectivity index (χ0v) is 15.8. The van der Waals surface area contributed by atoms with Crippen molar-refractivity contribution < 1.29 is 19.7 Å². The summed E-state index contributed by atoms with van der Waals surface area (Å²) in [6.07, 6.45) is 0. The van der Waals surface area contributed by atoms with Crippen LogP contribution in [0.5, 0.6) is 11.5 Å². The Morgan fingerprint density at radius 2 is 2.11 bits per heavy atom. The number of β-amino-alcohol motifs (C(OH)–C–C–N with tert-alkyl or cyclic N) is 1. The number of H-pyrrole nitrogens is 1. The zero-order chi connectivity index (χ0) is 19.8. The maximum atomic E-state index is 12.9. The third kappa shape index (κ3) is 2.89. The minimum absolute atomic E-state index is 0.0103. The molecule has 8 heteroatoms. The summed E-state index contributed by atoms with van der Waals surface area (Å²) < 4.78 is 5.32. The van der Waals surface area contributed by atoms with Gasteiger partial charge in [-0.3, -0.25) is 9.89 Å². The lowest BCUT2D eigenvalue weighted by molar-refractivity contribution is 0.0706. The van der Waals surface area contributed by atoms with Gasteiger partial charge in [0.05, 0.1) is 19.8 Å². The van der Waals surface area contributed by atoms with Gasteiger partial charge in [0.2, 0.25) is 0 Å². The molecule has 144 valence electrons. The van der Waals surface area contributed by atoms with Gasteiger partial charge < -0.3 is 19.8 Å². The molecular weight excluding hydrogens is 382 g/mol. The number of nitrogens with zero attached hydrogens (tertiary/aromatic N) is 2. The van der Waals surface area contributed by atoms with Gasteiger partial charge in [-0.25, -0.2) is 0 Å². The Morgan fingerprint density at radius 3 is 2.86 bits per heavy atom. The summed E-state index contributed by atoms with van der Waals surface area (Å²) in [7, 11) is 1.57. The van der Waals surface area contributed by atoms with Crippen molar-refractivity contribution in [2.24, 2.45) is 0 Å². The van der Waals surface area contributed by atoms with E-state index in [1.54, 1.807) is 24.1 Å². The number of carbonyl (C=O) groups excluding carboxylic acids is 1. The maximum absolute atomic E-state index is 12.9. The SMILES string of the molecule is COc1cccc(C2c3c(-c4cc(Cl)ccc4O)n[nH]c3C(=O)N2CCO)c1. The summed E-state index contributed by atoms with van der Waals surface area (Å²) in [5.74, 6) is 0.395. The summed E-state index contributed by atoms with van der Waals surface area (Å²) >= 11 is 6.11. The van der Waals surface area contributed by atoms with E-state index in [9.17, 15) is 15.0 Å². The highest BCUT2D eigenvalue weighted by Gasteiger charge is 2.42. The average Bonchev–Trinajstić information content (AvgIpc) is 3.24. The van der Waals surface area contributed by atoms with Crippen molar-refractivity contribution >= 4 is 17.5 Å². The first-order valence-corrected chi connectivity index (χ1v) is 9.06. The number of hydrogen-bond donors (Lipinski definition) is 3. The molecule has 3 aromatic rings. The van der Waals surface area contributed by atoms with Crippen molar-refractivity contribution in [2.45, 2.75) is 6.04 Å². The molecule has 7 nitrogen and oxygen atoms in total. The number of fused-ring (bicyclic) bond motifs is 1. The highest BCUT2D eigenvalue weighted by atomic mass is 35.5. The van der Waals surface area contributed by atoms with Crippen molar-refractivity contribution in [3.05, 3.63) is 64.3 Å². The number of aromatic hydroxyl groups is 1. The Morgan fingerprint density at radius 1 is 1.29 bits per heavy atom. The van der Waals surface area contributed by atoms with E-state index in [1.165, 1.54) is 6.07 Å². The second-order valence-corrected chi connectivity index (χ2v) is 6.86. The van der Waals surface area contributed by atoms with E-state index in [1.807, 2.05) is 24.3 Å². The number of methoxy groups -OCH3 is 1. The number of halogens is 1. The van der Waals surface area contributed by atoms with Crippen LogP contribution in [0.3, 0.4) is 0 Å². The second kappa shape index (κ2) is 7.18. The maximum Gasteiger partial charge on any atom is 0.273 e. The van der Waals surface area contributed by atoms with Gasteiger partial charge in [0.15, 0.2) is 0 Å². The number of phenolic OH excluding ortho intramolecular Hbond substituents is 1. The molecule has 1 aliphatic rings. The molecule has 0 bridgehead atoms. The van der Waals surface area contributed by atoms with Crippen LogP contribution in [-0.4, -0.2) is 51.5 Å². The molecule has 0 fully saturated rings. The topological polar surface area (TPSA) is 98.7 Å². The monoisotopic (exact) mass is 399 g/mol. The quantitative estimate of drug-likeness (QED) is 0.612. The van der Waals surface area contributed by atoms with E-state index < -0.39 is 6.04 Å². The molecule has 1 amide bonds. The van der Waals surface area contributed by atoms with Crippen LogP contribution in [0, 0.1) is 0 Å². The lowest BCUT2D eigenvalue weighted by Crippen LogP contribution is -2.32. The summed E-state index contributed by atoms with van der Waals surface area (Å²) in [6, 6.07) is 11.6. The number of aliphatic hydroxyl groups is 1. The van der Waals surface area contributed by atoms with Gasteiger partial charge in [-0.2, -0.15) is 5.10 Å². The van der Waals surface area contributed by atoms with Crippen LogP contribution in [0.2, 0.25) is 5.02 Å². The molecule has 1 atom stereocenters. The number of ether oxygens (including phenoxy) is 1. The van der Waals surface area contributed by atoms with E-state index in [2.05, 4.69) is 10.2 Å². The smallest absolute Gasteiger partial charge is 0.273 e. The van der Waals surface area contributed by atoms with E-state index in [-0.39, 0.29) is 24.8 Å². The first-order valence-electron chi connectivity index (χ1n) is 8.68. The summed E-state index contributed by atoms with van der Waals surface area (Å²) in [6.45, 7) is -0.0220. The summed E-state index contributed by atoms with van der Waals surface area (Å²) in [5, 5.41) is 27.4. The molecule has 2 aromatic carbocycles. The third-order valence-electron chi connectivity index (χ3n) is 4.83. The van der Waals surface area contributed by atoms with Gasteiger partial charge in [0.25, 0.3) is 5.91 Å². The molecule has 0 radical (unpaired) electrons. The Labute approximate surface area is 166 Å². The normalized spacial score (nSPS) is 15.8. The number of benzene rings is 2. The predicted molar refractivity (Wildman–Crippen MR) is 104 cm³/mol. The van der Waals surface area contributed by atoms with E-state index >= 15 is 0 Å². The molecule has 4 rings (SSSR count). The number of phenols is 1. The van der Waals surface area contributed by atoms with Crippen LogP contribution in [0.4, 0.5) is 0 Å². The molecule has 1 aliphatic heterocycles. The Hall–Kier alpha value is -3.03. The van der Waals surface area contributed by atoms with Crippen LogP contribution in [0.1, 0.15) is 27.7 Å². The van der Waals surface area contributed by atoms with Gasteiger partial charge >= 0.3 is 0 Å². The molecule has 28 heavy (non-hydrogen) atoms. The lowest BCUT2D eigenvalue weighted by atomic mass is 9.95. The minimum Gasteiger partial charge on any atom is -0.507 e. The predicted octanol–water partition coefficient (Wildman–Crippen LogP) is 2.98. The van der Waals surface area contributed by atoms with Gasteiger partial charge in [-0.05, 0) is 35.9 Å². The van der Waals surface area contributed by atoms with Crippen molar-refractivity contribution in [1.82, 2.24) is 15.1 Å². The van der Waals surface area contributed by atoms with Crippen LogP contribution in [0.25, 0.3) is 11.3 Å². The number of aromatic nitrogens is 2. The first-order chi connectivity index (χ1) is 13.5. The number of aromatic amines is 1. The van der Waals surface area contributed by atoms with E-state index in [4.69, 9.17) is 16.3 Å². The fourth-order valence-corrected chi connectivity index (χ4v) is 3.77. The van der Waals surface area contributed by atoms with E-state index in [0.29, 0.717) is 33.3 Å². The molecular formula is C20H18ClN3O4. The third-order valence-corrected chi connectivity index (χ3v) is 5.06. The molecule has 0 saturated carbocycles. The molecule has 3 N–H and O–H groups in total. The number of amides is 1. The van der Waals surface area contributed by atoms with Crippen molar-refractivity contribution in [3.63, 3.8) is 0 Å². The molecule has 1 aromatic heterocycles. The average molecular weight is 400 g/mol. The van der Waals surface area contributed by atoms with Crippen LogP contribution in [0.15, 0.2) is 42.5 Å². The Balaban J connectivity index is 1.92. The molecule has 0 saturated heterocycles. The first kappa shape index (κ1) is 18.3. The Bertz CT molecular complexity index is 1050.